The summed E-state index contributed by atoms with van der Waals surface area (Å²) in [6.45, 7) is 3.49. The van der Waals surface area contributed by atoms with Crippen LogP contribution >= 0.6 is 0 Å². The molecule has 0 saturated carbocycles. The number of hydrogen-bond donors (Lipinski definition) is 2. The number of amides is 2. The van der Waals surface area contributed by atoms with Gasteiger partial charge in [0, 0.05) is 6.54 Å². The maximum absolute atomic E-state index is 13.5. The molecule has 0 aromatic heterocycles. The molecule has 216 valence electrons. The summed E-state index contributed by atoms with van der Waals surface area (Å²) >= 11 is 0. The average Bonchev–Trinajstić information content (AvgIpc) is 3.00. The number of nitrogens with zero attached hydrogens (tertiary/aromatic N) is 2. The molecule has 4 rings (SSSR count). The lowest BCUT2D eigenvalue weighted by Crippen LogP contribution is -2.40. The molecule has 0 heterocycles. The molecule has 0 unspecified atom stereocenters. The average molecular weight is 585 g/mol. The molecule has 10 heteroatoms. The fraction of sp³-hybridized carbons (Fsp3) is 0.156. The number of sulfonamides is 1. The molecular formula is C32H32N4O5S. The number of ether oxygens (including phenoxy) is 1. The Kier molecular flexibility index (Phi) is 10.1. The first kappa shape index (κ1) is 30.0. The number of nitrogens with one attached hydrogen (secondary N) is 2. The van der Waals surface area contributed by atoms with Gasteiger partial charge in [-0.3, -0.25) is 13.9 Å². The summed E-state index contributed by atoms with van der Waals surface area (Å²) in [5, 5.41) is 6.79. The molecule has 0 atom stereocenters. The summed E-state index contributed by atoms with van der Waals surface area (Å²) in [6, 6.07) is 29.8. The summed E-state index contributed by atoms with van der Waals surface area (Å²) in [7, 11) is -4.02. The lowest BCUT2D eigenvalue weighted by Gasteiger charge is -2.25. The predicted molar refractivity (Wildman–Crippen MR) is 163 cm³/mol. The molecular weight excluding hydrogens is 552 g/mol. The van der Waals surface area contributed by atoms with Crippen LogP contribution in [-0.4, -0.2) is 39.6 Å². The van der Waals surface area contributed by atoms with Crippen molar-refractivity contribution < 1.29 is 22.7 Å². The van der Waals surface area contributed by atoms with Crippen LogP contribution in [0.5, 0.6) is 5.75 Å². The van der Waals surface area contributed by atoms with Gasteiger partial charge in [-0.15, -0.1) is 0 Å². The van der Waals surface area contributed by atoms with E-state index in [-0.39, 0.29) is 17.4 Å². The number of aryl methyl sites for hydroxylation is 2. The molecule has 0 aliphatic heterocycles. The summed E-state index contributed by atoms with van der Waals surface area (Å²) < 4.78 is 33.7. The van der Waals surface area contributed by atoms with Gasteiger partial charge in [-0.05, 0) is 78.6 Å². The minimum atomic E-state index is -4.02. The Labute approximate surface area is 245 Å². The maximum atomic E-state index is 13.5. The smallest absolute Gasteiger partial charge is 0.264 e. The van der Waals surface area contributed by atoms with Gasteiger partial charge < -0.3 is 10.1 Å². The Morgan fingerprint density at radius 1 is 0.857 bits per heavy atom. The van der Waals surface area contributed by atoms with E-state index in [0.29, 0.717) is 29.1 Å². The lowest BCUT2D eigenvalue weighted by atomic mass is 10.1. The zero-order valence-electron chi connectivity index (χ0n) is 23.4. The van der Waals surface area contributed by atoms with Crippen LogP contribution in [0.25, 0.3) is 0 Å². The van der Waals surface area contributed by atoms with Crippen LogP contribution < -0.4 is 19.8 Å². The minimum Gasteiger partial charge on any atom is -0.484 e. The monoisotopic (exact) mass is 584 g/mol. The SMILES string of the molecule is Cc1ccc(C)c(N(CC(=O)N/N=C\c2ccc(OCC(=O)NCc3ccccc3)cc2)S(=O)(=O)c2ccccc2)c1. The number of benzene rings is 4. The second-order valence-electron chi connectivity index (χ2n) is 9.53. The predicted octanol–water partition coefficient (Wildman–Crippen LogP) is 4.34. The molecule has 2 N–H and O–H groups in total. The van der Waals surface area contributed by atoms with Gasteiger partial charge in [0.25, 0.3) is 21.8 Å². The van der Waals surface area contributed by atoms with Gasteiger partial charge in [0.15, 0.2) is 6.61 Å². The van der Waals surface area contributed by atoms with E-state index < -0.39 is 22.5 Å². The van der Waals surface area contributed by atoms with E-state index in [1.165, 1.54) is 18.3 Å². The zero-order valence-corrected chi connectivity index (χ0v) is 24.2. The van der Waals surface area contributed by atoms with Gasteiger partial charge in [-0.25, -0.2) is 13.8 Å². The number of hydrogen-bond acceptors (Lipinski definition) is 6. The van der Waals surface area contributed by atoms with Crippen molar-refractivity contribution in [2.45, 2.75) is 25.3 Å². The molecule has 0 saturated heterocycles. The normalized spacial score (nSPS) is 11.2. The highest BCUT2D eigenvalue weighted by molar-refractivity contribution is 7.92. The number of carbonyl (C=O) groups excluding carboxylic acids is 2. The van der Waals surface area contributed by atoms with Crippen molar-refractivity contribution in [1.29, 1.82) is 0 Å². The molecule has 42 heavy (non-hydrogen) atoms. The second kappa shape index (κ2) is 14.1. The van der Waals surface area contributed by atoms with Crippen molar-refractivity contribution in [3.8, 4) is 5.75 Å². The second-order valence-corrected chi connectivity index (χ2v) is 11.4. The number of hydrazone groups is 1. The van der Waals surface area contributed by atoms with Gasteiger partial charge in [0.1, 0.15) is 12.3 Å². The van der Waals surface area contributed by atoms with Gasteiger partial charge in [-0.1, -0.05) is 60.7 Å². The summed E-state index contributed by atoms with van der Waals surface area (Å²) in [5.74, 6) is -0.342. The van der Waals surface area contributed by atoms with E-state index in [1.807, 2.05) is 49.4 Å². The highest BCUT2D eigenvalue weighted by Gasteiger charge is 2.28. The van der Waals surface area contributed by atoms with Crippen molar-refractivity contribution in [3.05, 3.63) is 125 Å². The lowest BCUT2D eigenvalue weighted by molar-refractivity contribution is -0.123. The molecule has 4 aromatic rings. The minimum absolute atomic E-state index is 0.0817. The Morgan fingerprint density at radius 3 is 2.21 bits per heavy atom. The Hall–Kier alpha value is -4.96. The van der Waals surface area contributed by atoms with Crippen LogP contribution in [0.2, 0.25) is 0 Å². The van der Waals surface area contributed by atoms with Crippen LogP contribution in [0.3, 0.4) is 0 Å². The van der Waals surface area contributed by atoms with E-state index in [2.05, 4.69) is 15.8 Å². The first-order valence-corrected chi connectivity index (χ1v) is 14.7. The largest absolute Gasteiger partial charge is 0.484 e. The summed E-state index contributed by atoms with van der Waals surface area (Å²) in [4.78, 5) is 25.0. The van der Waals surface area contributed by atoms with Crippen molar-refractivity contribution in [2.75, 3.05) is 17.5 Å². The maximum Gasteiger partial charge on any atom is 0.264 e. The first-order valence-electron chi connectivity index (χ1n) is 13.2. The third-order valence-electron chi connectivity index (χ3n) is 6.24. The van der Waals surface area contributed by atoms with E-state index in [9.17, 15) is 18.0 Å². The summed E-state index contributed by atoms with van der Waals surface area (Å²) in [5.41, 5.74) is 6.07. The third kappa shape index (κ3) is 8.28. The van der Waals surface area contributed by atoms with Gasteiger partial charge >= 0.3 is 0 Å². The van der Waals surface area contributed by atoms with E-state index in [4.69, 9.17) is 4.74 Å². The molecule has 0 radical (unpaired) electrons. The van der Waals surface area contributed by atoms with Gasteiger partial charge in [-0.2, -0.15) is 5.10 Å². The number of carbonyl (C=O) groups is 2. The fourth-order valence-electron chi connectivity index (χ4n) is 4.00. The first-order chi connectivity index (χ1) is 20.2. The van der Waals surface area contributed by atoms with Crippen molar-refractivity contribution in [1.82, 2.24) is 10.7 Å². The molecule has 0 spiro atoms. The highest BCUT2D eigenvalue weighted by Crippen LogP contribution is 2.27. The quantitative estimate of drug-likeness (QED) is 0.190. The van der Waals surface area contributed by atoms with Crippen LogP contribution in [-0.2, 0) is 26.2 Å². The molecule has 4 aromatic carbocycles. The molecule has 0 aliphatic rings. The van der Waals surface area contributed by atoms with Crippen LogP contribution in [0, 0.1) is 13.8 Å². The van der Waals surface area contributed by atoms with E-state index >= 15 is 0 Å². The Balaban J connectivity index is 1.34. The molecule has 2 amide bonds. The Bertz CT molecular complexity index is 1640. The fourth-order valence-corrected chi connectivity index (χ4v) is 5.50. The Morgan fingerprint density at radius 2 is 1.52 bits per heavy atom. The van der Waals surface area contributed by atoms with Crippen molar-refractivity contribution >= 4 is 33.7 Å². The molecule has 0 aliphatic carbocycles. The van der Waals surface area contributed by atoms with Crippen LogP contribution in [0.15, 0.2) is 113 Å². The topological polar surface area (TPSA) is 117 Å². The van der Waals surface area contributed by atoms with Crippen molar-refractivity contribution in [3.63, 3.8) is 0 Å². The van der Waals surface area contributed by atoms with Gasteiger partial charge in [0.05, 0.1) is 16.8 Å². The van der Waals surface area contributed by atoms with Gasteiger partial charge in [0.2, 0.25) is 0 Å². The number of rotatable bonds is 12. The van der Waals surface area contributed by atoms with Crippen LogP contribution in [0.4, 0.5) is 5.69 Å². The highest BCUT2D eigenvalue weighted by atomic mass is 32.2. The standard InChI is InChI=1S/C32H32N4O5S/c1-24-13-14-25(2)30(19-24)36(42(39,40)29-11-7-4-8-12-29)22-31(37)35-34-21-27-15-17-28(18-16-27)41-23-32(38)33-20-26-9-5-3-6-10-26/h3-19,21H,20,22-23H2,1-2H3,(H,33,38)(H,35,37)/b34-21-. The number of anilines is 1. The van der Waals surface area contributed by atoms with E-state index in [1.54, 1.807) is 55.5 Å². The molecule has 9 nitrogen and oxygen atoms in total. The molecule has 0 fully saturated rings. The van der Waals surface area contributed by atoms with E-state index in [0.717, 1.165) is 15.4 Å². The molecule has 0 bridgehead atoms. The van der Waals surface area contributed by atoms with Crippen molar-refractivity contribution in [2.24, 2.45) is 5.10 Å². The zero-order chi connectivity index (χ0) is 30.0. The third-order valence-corrected chi connectivity index (χ3v) is 8.01. The summed E-state index contributed by atoms with van der Waals surface area (Å²) in [6.07, 6.45) is 1.43. The van der Waals surface area contributed by atoms with Crippen LogP contribution in [0.1, 0.15) is 22.3 Å².